The van der Waals surface area contributed by atoms with Crippen LogP contribution in [0, 0.1) is 5.82 Å². The summed E-state index contributed by atoms with van der Waals surface area (Å²) in [5.74, 6) is -0.901. The molecule has 0 radical (unpaired) electrons. The first-order valence-electron chi connectivity index (χ1n) is 6.27. The minimum Gasteiger partial charge on any atom is -0.308 e. The van der Waals surface area contributed by atoms with Crippen molar-refractivity contribution >= 4 is 0 Å². The minimum absolute atomic E-state index is 0.00865. The second-order valence-electron chi connectivity index (χ2n) is 4.70. The predicted molar refractivity (Wildman–Crippen MR) is 67.7 cm³/mol. The lowest BCUT2D eigenvalue weighted by atomic mass is 10.1. The van der Waals surface area contributed by atoms with Gasteiger partial charge in [0.05, 0.1) is 12.1 Å². The van der Waals surface area contributed by atoms with Gasteiger partial charge in [-0.3, -0.25) is 4.68 Å². The number of alkyl halides is 3. The predicted octanol–water partition coefficient (Wildman–Crippen LogP) is 2.61. The van der Waals surface area contributed by atoms with Gasteiger partial charge >= 0.3 is 6.18 Å². The highest BCUT2D eigenvalue weighted by atomic mass is 19.4. The lowest BCUT2D eigenvalue weighted by molar-refractivity contribution is -0.138. The molecule has 1 aromatic heterocycles. The Hall–Kier alpha value is -1.96. The molecule has 0 aliphatic rings. The normalized spacial score (nSPS) is 13.4. The lowest BCUT2D eigenvalue weighted by Crippen LogP contribution is -2.31. The standard InChI is InChI=1S/C13H14F4N4/c1-9(6-21-8-18-7-20-21)19-5-10-2-3-11(14)4-12(10)13(15,16)17/h2-4,7-9,19H,5-6H2,1H3. The lowest BCUT2D eigenvalue weighted by Gasteiger charge is -2.17. The summed E-state index contributed by atoms with van der Waals surface area (Å²) in [4.78, 5) is 3.78. The average Bonchev–Trinajstić information content (AvgIpc) is 2.89. The summed E-state index contributed by atoms with van der Waals surface area (Å²) in [6.07, 6.45) is -1.67. The summed E-state index contributed by atoms with van der Waals surface area (Å²) >= 11 is 0. The molecule has 1 unspecified atom stereocenters. The third-order valence-electron chi connectivity index (χ3n) is 2.95. The fourth-order valence-electron chi connectivity index (χ4n) is 1.92. The van der Waals surface area contributed by atoms with E-state index < -0.39 is 17.6 Å². The first-order chi connectivity index (χ1) is 9.86. The molecule has 0 aliphatic carbocycles. The van der Waals surface area contributed by atoms with Crippen molar-refractivity contribution in [2.45, 2.75) is 32.2 Å². The SMILES string of the molecule is CC(Cn1cncn1)NCc1ccc(F)cc1C(F)(F)F. The molecule has 114 valence electrons. The molecule has 0 saturated carbocycles. The van der Waals surface area contributed by atoms with Gasteiger partial charge in [-0.15, -0.1) is 0 Å². The third kappa shape index (κ3) is 4.25. The summed E-state index contributed by atoms with van der Waals surface area (Å²) in [6, 6.07) is 2.57. The molecule has 0 aliphatic heterocycles. The van der Waals surface area contributed by atoms with Gasteiger partial charge in [-0.1, -0.05) is 6.07 Å². The molecule has 1 heterocycles. The number of aromatic nitrogens is 3. The Bertz CT molecular complexity index is 580. The Kier molecular flexibility index (Phi) is 4.56. The van der Waals surface area contributed by atoms with Gasteiger partial charge in [-0.25, -0.2) is 9.37 Å². The van der Waals surface area contributed by atoms with Crippen molar-refractivity contribution in [2.75, 3.05) is 0 Å². The molecule has 8 heteroatoms. The van der Waals surface area contributed by atoms with Gasteiger partial charge in [-0.2, -0.15) is 18.3 Å². The molecule has 1 atom stereocenters. The van der Waals surface area contributed by atoms with E-state index in [1.807, 2.05) is 6.92 Å². The van der Waals surface area contributed by atoms with Gasteiger partial charge in [-0.05, 0) is 24.6 Å². The number of benzene rings is 1. The monoisotopic (exact) mass is 302 g/mol. The Morgan fingerprint density at radius 1 is 1.33 bits per heavy atom. The molecule has 1 N–H and O–H groups in total. The van der Waals surface area contributed by atoms with Crippen molar-refractivity contribution in [3.05, 3.63) is 47.8 Å². The van der Waals surface area contributed by atoms with Crippen LogP contribution in [0.5, 0.6) is 0 Å². The average molecular weight is 302 g/mol. The molecular formula is C13H14F4N4. The zero-order valence-electron chi connectivity index (χ0n) is 11.2. The van der Waals surface area contributed by atoms with Crippen LogP contribution >= 0.6 is 0 Å². The number of halogens is 4. The van der Waals surface area contributed by atoms with E-state index in [1.54, 1.807) is 4.68 Å². The van der Waals surface area contributed by atoms with Crippen LogP contribution in [0.25, 0.3) is 0 Å². The molecular weight excluding hydrogens is 288 g/mol. The van der Waals surface area contributed by atoms with Gasteiger partial charge in [0.25, 0.3) is 0 Å². The zero-order valence-corrected chi connectivity index (χ0v) is 11.2. The van der Waals surface area contributed by atoms with Gasteiger partial charge < -0.3 is 5.32 Å². The molecule has 1 aromatic carbocycles. The number of nitrogens with zero attached hydrogens (tertiary/aromatic N) is 3. The molecule has 4 nitrogen and oxygen atoms in total. The molecule has 0 spiro atoms. The van der Waals surface area contributed by atoms with Crippen LogP contribution in [0.15, 0.2) is 30.9 Å². The molecule has 2 rings (SSSR count). The Labute approximate surface area is 118 Å². The summed E-state index contributed by atoms with van der Waals surface area (Å²) < 4.78 is 53.1. The maximum atomic E-state index is 13.0. The quantitative estimate of drug-likeness (QED) is 0.863. The zero-order chi connectivity index (χ0) is 15.5. The first kappa shape index (κ1) is 15.4. The smallest absolute Gasteiger partial charge is 0.308 e. The van der Waals surface area contributed by atoms with E-state index in [0.717, 1.165) is 12.1 Å². The number of rotatable bonds is 5. The molecule has 0 saturated heterocycles. The Morgan fingerprint density at radius 3 is 2.71 bits per heavy atom. The largest absolute Gasteiger partial charge is 0.416 e. The van der Waals surface area contributed by atoms with Crippen molar-refractivity contribution in [2.24, 2.45) is 0 Å². The van der Waals surface area contributed by atoms with E-state index in [0.29, 0.717) is 12.6 Å². The van der Waals surface area contributed by atoms with E-state index in [9.17, 15) is 17.6 Å². The van der Waals surface area contributed by atoms with Crippen molar-refractivity contribution in [3.8, 4) is 0 Å². The topological polar surface area (TPSA) is 42.7 Å². The van der Waals surface area contributed by atoms with Crippen LogP contribution in [0.1, 0.15) is 18.1 Å². The number of hydrogen-bond acceptors (Lipinski definition) is 3. The summed E-state index contributed by atoms with van der Waals surface area (Å²) in [7, 11) is 0. The van der Waals surface area contributed by atoms with Crippen molar-refractivity contribution in [3.63, 3.8) is 0 Å². The highest BCUT2D eigenvalue weighted by Gasteiger charge is 2.33. The first-order valence-corrected chi connectivity index (χ1v) is 6.27. The molecule has 0 amide bonds. The van der Waals surface area contributed by atoms with Crippen molar-refractivity contribution in [1.29, 1.82) is 0 Å². The second kappa shape index (κ2) is 6.21. The van der Waals surface area contributed by atoms with E-state index in [4.69, 9.17) is 0 Å². The fourth-order valence-corrected chi connectivity index (χ4v) is 1.92. The molecule has 0 fully saturated rings. The van der Waals surface area contributed by atoms with E-state index in [1.165, 1.54) is 12.7 Å². The summed E-state index contributed by atoms with van der Waals surface area (Å²) in [5, 5.41) is 6.87. The van der Waals surface area contributed by atoms with E-state index in [2.05, 4.69) is 15.4 Å². The van der Waals surface area contributed by atoms with Gasteiger partial charge in [0.1, 0.15) is 18.5 Å². The minimum atomic E-state index is -4.58. The summed E-state index contributed by atoms with van der Waals surface area (Å²) in [5.41, 5.74) is -0.947. The van der Waals surface area contributed by atoms with Gasteiger partial charge in [0.2, 0.25) is 0 Å². The summed E-state index contributed by atoms with van der Waals surface area (Å²) in [6.45, 7) is 2.28. The van der Waals surface area contributed by atoms with Crippen molar-refractivity contribution < 1.29 is 17.6 Å². The molecule has 21 heavy (non-hydrogen) atoms. The van der Waals surface area contributed by atoms with Gasteiger partial charge in [0.15, 0.2) is 0 Å². The van der Waals surface area contributed by atoms with E-state index in [-0.39, 0.29) is 18.2 Å². The maximum Gasteiger partial charge on any atom is 0.416 e. The van der Waals surface area contributed by atoms with E-state index >= 15 is 0 Å². The number of hydrogen-bond donors (Lipinski definition) is 1. The van der Waals surface area contributed by atoms with Gasteiger partial charge in [0, 0.05) is 12.6 Å². The van der Waals surface area contributed by atoms with Crippen LogP contribution in [0.2, 0.25) is 0 Å². The van der Waals surface area contributed by atoms with Crippen LogP contribution in [-0.4, -0.2) is 20.8 Å². The van der Waals surface area contributed by atoms with Crippen LogP contribution < -0.4 is 5.32 Å². The van der Waals surface area contributed by atoms with Crippen LogP contribution in [0.3, 0.4) is 0 Å². The second-order valence-corrected chi connectivity index (χ2v) is 4.70. The van der Waals surface area contributed by atoms with Crippen LogP contribution in [-0.2, 0) is 19.3 Å². The highest BCUT2D eigenvalue weighted by molar-refractivity contribution is 5.30. The van der Waals surface area contributed by atoms with Crippen molar-refractivity contribution in [1.82, 2.24) is 20.1 Å². The fraction of sp³-hybridized carbons (Fsp3) is 0.385. The highest BCUT2D eigenvalue weighted by Crippen LogP contribution is 2.32. The van der Waals surface area contributed by atoms with Crippen LogP contribution in [0.4, 0.5) is 17.6 Å². The Balaban J connectivity index is 2.03. The molecule has 0 bridgehead atoms. The third-order valence-corrected chi connectivity index (χ3v) is 2.95. The Morgan fingerprint density at radius 2 is 2.10 bits per heavy atom. The number of nitrogens with one attached hydrogen (secondary N) is 1. The maximum absolute atomic E-state index is 13.0. The molecule has 2 aromatic rings.